The molecule has 0 aliphatic heterocycles. The lowest BCUT2D eigenvalue weighted by atomic mass is 9.73. The van der Waals surface area contributed by atoms with Crippen molar-refractivity contribution in [1.82, 2.24) is 5.32 Å². The van der Waals surface area contributed by atoms with Gasteiger partial charge < -0.3 is 16.4 Å². The predicted molar refractivity (Wildman–Crippen MR) is 117 cm³/mol. The lowest BCUT2D eigenvalue weighted by Crippen LogP contribution is -2.47. The summed E-state index contributed by atoms with van der Waals surface area (Å²) in [5.41, 5.74) is 7.20. The number of benzene rings is 2. The fourth-order valence-electron chi connectivity index (χ4n) is 4.18. The highest BCUT2D eigenvalue weighted by molar-refractivity contribution is 6.39. The maximum absolute atomic E-state index is 13.6. The van der Waals surface area contributed by atoms with E-state index >= 15 is 0 Å². The minimum Gasteiger partial charge on any atom is -0.345 e. The molecule has 2 aromatic carbocycles. The molecule has 5 nitrogen and oxygen atoms in total. The molecular weight excluding hydrogens is 405 g/mol. The molecule has 2 amide bonds. The number of rotatable bonds is 6. The van der Waals surface area contributed by atoms with Gasteiger partial charge >= 0.3 is 11.8 Å². The monoisotopic (exact) mass is 431 g/mol. The Labute approximate surface area is 181 Å². The molecule has 1 saturated carbocycles. The van der Waals surface area contributed by atoms with Gasteiger partial charge in [0.25, 0.3) is 0 Å². The Hall–Kier alpha value is -2.44. The minimum atomic E-state index is -0.820. The first-order valence-electron chi connectivity index (χ1n) is 10.3. The fourth-order valence-corrected chi connectivity index (χ4v) is 4.29. The van der Waals surface area contributed by atoms with Crippen molar-refractivity contribution in [3.63, 3.8) is 0 Å². The Morgan fingerprint density at radius 3 is 2.57 bits per heavy atom. The Kier molecular flexibility index (Phi) is 7.82. The number of halogens is 2. The van der Waals surface area contributed by atoms with Crippen LogP contribution < -0.4 is 16.4 Å². The van der Waals surface area contributed by atoms with Crippen molar-refractivity contribution in [2.24, 2.45) is 11.7 Å². The molecule has 1 aliphatic carbocycles. The fraction of sp³-hybridized carbons (Fsp3) is 0.391. The van der Waals surface area contributed by atoms with Gasteiger partial charge in [0, 0.05) is 11.7 Å². The zero-order valence-corrected chi connectivity index (χ0v) is 17.5. The highest BCUT2D eigenvalue weighted by Gasteiger charge is 2.33. The number of hydrogen-bond acceptors (Lipinski definition) is 3. The van der Waals surface area contributed by atoms with Crippen LogP contribution in [0.3, 0.4) is 0 Å². The predicted octanol–water partition coefficient (Wildman–Crippen LogP) is 4.23. The van der Waals surface area contributed by atoms with Crippen LogP contribution in [-0.4, -0.2) is 24.4 Å². The highest BCUT2D eigenvalue weighted by atomic mass is 35.5. The average molecular weight is 432 g/mol. The lowest BCUT2D eigenvalue weighted by Gasteiger charge is -2.37. The summed E-state index contributed by atoms with van der Waals surface area (Å²) in [5, 5.41) is 5.26. The Bertz CT molecular complexity index is 878. The summed E-state index contributed by atoms with van der Waals surface area (Å²) in [6, 6.07) is 14.2. The van der Waals surface area contributed by atoms with Crippen LogP contribution in [0.25, 0.3) is 0 Å². The van der Waals surface area contributed by atoms with E-state index in [9.17, 15) is 14.0 Å². The smallest absolute Gasteiger partial charge is 0.313 e. The quantitative estimate of drug-likeness (QED) is 0.598. The van der Waals surface area contributed by atoms with E-state index in [2.05, 4.69) is 22.8 Å². The summed E-state index contributed by atoms with van der Waals surface area (Å²) < 4.78 is 13.6. The largest absolute Gasteiger partial charge is 0.345 e. The van der Waals surface area contributed by atoms with E-state index in [1.54, 1.807) is 0 Å². The number of carbonyl (C=O) groups excluding carboxylic acids is 2. The summed E-state index contributed by atoms with van der Waals surface area (Å²) in [7, 11) is 0. The Morgan fingerprint density at radius 1 is 1.10 bits per heavy atom. The van der Waals surface area contributed by atoms with Gasteiger partial charge in [-0.15, -0.1) is 0 Å². The van der Waals surface area contributed by atoms with Crippen molar-refractivity contribution >= 4 is 29.1 Å². The molecule has 3 atom stereocenters. The van der Waals surface area contributed by atoms with Gasteiger partial charge in [-0.05, 0) is 74.2 Å². The molecule has 3 rings (SSSR count). The van der Waals surface area contributed by atoms with E-state index in [4.69, 9.17) is 17.3 Å². The van der Waals surface area contributed by atoms with Crippen molar-refractivity contribution in [3.8, 4) is 0 Å². The van der Waals surface area contributed by atoms with Crippen LogP contribution in [0, 0.1) is 11.7 Å². The first-order valence-corrected chi connectivity index (χ1v) is 10.7. The molecule has 0 spiro atoms. The van der Waals surface area contributed by atoms with E-state index in [-0.39, 0.29) is 22.7 Å². The van der Waals surface area contributed by atoms with Gasteiger partial charge in [-0.25, -0.2) is 4.39 Å². The summed E-state index contributed by atoms with van der Waals surface area (Å²) in [5.74, 6) is -1.51. The third-order valence-corrected chi connectivity index (χ3v) is 6.04. The lowest BCUT2D eigenvalue weighted by molar-refractivity contribution is -0.137. The van der Waals surface area contributed by atoms with Gasteiger partial charge in [-0.2, -0.15) is 0 Å². The topological polar surface area (TPSA) is 84.2 Å². The number of nitrogens with two attached hydrogens (primary N) is 1. The van der Waals surface area contributed by atoms with Crippen molar-refractivity contribution < 1.29 is 14.0 Å². The SMILES string of the molecule is NCCCC1CC(c2ccccc2)CCC1NC(=O)C(=O)Nc1ccc(Cl)c(F)c1. The first-order chi connectivity index (χ1) is 14.5. The van der Waals surface area contributed by atoms with Crippen LogP contribution in [0.5, 0.6) is 0 Å². The summed E-state index contributed by atoms with van der Waals surface area (Å²) in [4.78, 5) is 24.8. The second kappa shape index (κ2) is 10.5. The molecule has 7 heteroatoms. The zero-order chi connectivity index (χ0) is 21.5. The second-order valence-corrected chi connectivity index (χ2v) is 8.18. The van der Waals surface area contributed by atoms with E-state index in [0.29, 0.717) is 12.5 Å². The molecule has 160 valence electrons. The van der Waals surface area contributed by atoms with Crippen LogP contribution in [0.15, 0.2) is 48.5 Å². The van der Waals surface area contributed by atoms with Crippen LogP contribution in [0.4, 0.5) is 10.1 Å². The van der Waals surface area contributed by atoms with Crippen LogP contribution >= 0.6 is 11.6 Å². The normalized spacial score (nSPS) is 21.1. The number of carbonyl (C=O) groups is 2. The number of nitrogens with one attached hydrogen (secondary N) is 2. The molecule has 0 aromatic heterocycles. The standard InChI is InChI=1S/C23H27ClFN3O2/c24-19-10-9-18(14-20(19)25)27-22(29)23(30)28-21-11-8-16(13-17(21)7-4-12-26)15-5-2-1-3-6-15/h1-3,5-6,9-10,14,16-17,21H,4,7-8,11-13,26H2,(H,27,29)(H,28,30). The van der Waals surface area contributed by atoms with Crippen molar-refractivity contribution in [2.45, 2.75) is 44.1 Å². The molecule has 2 aromatic rings. The Morgan fingerprint density at radius 2 is 1.87 bits per heavy atom. The molecule has 0 bridgehead atoms. The van der Waals surface area contributed by atoms with Gasteiger partial charge in [0.2, 0.25) is 0 Å². The molecule has 4 N–H and O–H groups in total. The van der Waals surface area contributed by atoms with E-state index in [1.165, 1.54) is 17.7 Å². The Balaban J connectivity index is 1.62. The van der Waals surface area contributed by atoms with E-state index < -0.39 is 17.6 Å². The van der Waals surface area contributed by atoms with Gasteiger partial charge in [-0.3, -0.25) is 9.59 Å². The number of anilines is 1. The minimum absolute atomic E-state index is 0.0460. The maximum atomic E-state index is 13.6. The van der Waals surface area contributed by atoms with E-state index in [0.717, 1.165) is 38.2 Å². The molecule has 0 saturated heterocycles. The third kappa shape index (κ3) is 5.80. The van der Waals surface area contributed by atoms with Gasteiger partial charge in [0.15, 0.2) is 0 Å². The van der Waals surface area contributed by atoms with Crippen LogP contribution in [-0.2, 0) is 9.59 Å². The van der Waals surface area contributed by atoms with Gasteiger partial charge in [0.1, 0.15) is 5.82 Å². The first kappa shape index (κ1) is 22.2. The highest BCUT2D eigenvalue weighted by Crippen LogP contribution is 2.38. The number of hydrogen-bond donors (Lipinski definition) is 3. The van der Waals surface area contributed by atoms with Crippen molar-refractivity contribution in [1.29, 1.82) is 0 Å². The van der Waals surface area contributed by atoms with Crippen LogP contribution in [0.1, 0.15) is 43.6 Å². The molecule has 0 radical (unpaired) electrons. The van der Waals surface area contributed by atoms with Gasteiger partial charge in [-0.1, -0.05) is 41.9 Å². The molecular formula is C23H27ClFN3O2. The van der Waals surface area contributed by atoms with Crippen molar-refractivity contribution in [2.75, 3.05) is 11.9 Å². The molecule has 0 heterocycles. The number of amides is 2. The summed E-state index contributed by atoms with van der Waals surface area (Å²) in [6.45, 7) is 0.593. The molecule has 30 heavy (non-hydrogen) atoms. The zero-order valence-electron chi connectivity index (χ0n) is 16.7. The molecule has 3 unspecified atom stereocenters. The molecule has 1 aliphatic rings. The van der Waals surface area contributed by atoms with Crippen molar-refractivity contribution in [3.05, 3.63) is 64.9 Å². The second-order valence-electron chi connectivity index (χ2n) is 7.77. The van der Waals surface area contributed by atoms with Gasteiger partial charge in [0.05, 0.1) is 5.02 Å². The summed E-state index contributed by atoms with van der Waals surface area (Å²) >= 11 is 5.65. The molecule has 1 fully saturated rings. The van der Waals surface area contributed by atoms with Crippen LogP contribution in [0.2, 0.25) is 5.02 Å². The third-order valence-electron chi connectivity index (χ3n) is 5.73. The average Bonchev–Trinajstić information content (AvgIpc) is 2.76. The van der Waals surface area contributed by atoms with E-state index in [1.807, 2.05) is 18.2 Å². The maximum Gasteiger partial charge on any atom is 0.313 e. The summed E-state index contributed by atoms with van der Waals surface area (Å²) in [6.07, 6.45) is 4.45.